The van der Waals surface area contributed by atoms with Gasteiger partial charge in [-0.2, -0.15) is 0 Å². The molecule has 3 aromatic rings. The number of para-hydroxylation sites is 2. The fraction of sp³-hybridized carbons (Fsp3) is 0.227. The van der Waals surface area contributed by atoms with E-state index in [1.165, 1.54) is 0 Å². The van der Waals surface area contributed by atoms with Gasteiger partial charge in [0.15, 0.2) is 17.5 Å². The first-order valence-corrected chi connectivity index (χ1v) is 9.15. The minimum Gasteiger partial charge on any atom is -0.493 e. The van der Waals surface area contributed by atoms with Gasteiger partial charge >= 0.3 is 0 Å². The molecule has 2 N–H and O–H groups in total. The summed E-state index contributed by atoms with van der Waals surface area (Å²) in [6, 6.07) is 19.4. The molecule has 0 fully saturated rings. The fourth-order valence-corrected chi connectivity index (χ4v) is 2.67. The summed E-state index contributed by atoms with van der Waals surface area (Å²) < 4.78 is 16.5. The number of rotatable bonds is 8. The van der Waals surface area contributed by atoms with Gasteiger partial charge in [0.1, 0.15) is 11.5 Å². The third kappa shape index (κ3) is 7.01. The second-order valence-corrected chi connectivity index (χ2v) is 6.08. The third-order valence-corrected chi connectivity index (χ3v) is 4.15. The van der Waals surface area contributed by atoms with Gasteiger partial charge in [-0.15, -0.1) is 24.0 Å². The van der Waals surface area contributed by atoms with Gasteiger partial charge in [-0.05, 0) is 42.0 Å². The van der Waals surface area contributed by atoms with E-state index in [4.69, 9.17) is 13.9 Å². The Morgan fingerprint density at radius 1 is 0.966 bits per heavy atom. The molecular formula is C22H26IN3O3. The van der Waals surface area contributed by atoms with Crippen LogP contribution in [-0.4, -0.2) is 26.7 Å². The number of guanidine groups is 1. The van der Waals surface area contributed by atoms with Crippen LogP contribution < -0.4 is 20.1 Å². The number of aliphatic imine (C=N–C) groups is 1. The maximum atomic E-state index is 5.90. The van der Waals surface area contributed by atoms with Crippen LogP contribution in [0.25, 0.3) is 0 Å². The van der Waals surface area contributed by atoms with Gasteiger partial charge in [-0.3, -0.25) is 4.99 Å². The van der Waals surface area contributed by atoms with Gasteiger partial charge in [0.2, 0.25) is 0 Å². The van der Waals surface area contributed by atoms with E-state index in [9.17, 15) is 0 Å². The molecule has 29 heavy (non-hydrogen) atoms. The Bertz CT molecular complexity index is 881. The molecule has 1 aromatic heterocycles. The topological polar surface area (TPSA) is 68.0 Å². The normalized spacial score (nSPS) is 10.8. The fourth-order valence-electron chi connectivity index (χ4n) is 2.67. The van der Waals surface area contributed by atoms with Crippen molar-refractivity contribution in [2.24, 2.45) is 4.99 Å². The lowest BCUT2D eigenvalue weighted by atomic mass is 10.2. The van der Waals surface area contributed by atoms with Gasteiger partial charge in [0.05, 0.1) is 13.4 Å². The number of nitrogens with one attached hydrogen (secondary N) is 2. The summed E-state index contributed by atoms with van der Waals surface area (Å²) in [6.07, 6.45) is 2.49. The maximum Gasteiger partial charge on any atom is 0.191 e. The number of nitrogens with zero attached hydrogens (tertiary/aromatic N) is 1. The molecule has 0 saturated heterocycles. The van der Waals surface area contributed by atoms with Crippen LogP contribution >= 0.6 is 24.0 Å². The standard InChI is InChI=1S/C22H25N3O3.HI/c1-23-22(24-14-13-18-6-5-15-27-18)25-16-17-9-11-19(12-10-17)28-21-8-4-3-7-20(21)26-2;/h3-12,15H,13-14,16H2,1-2H3,(H2,23,24,25);1H. The van der Waals surface area contributed by atoms with Crippen molar-refractivity contribution in [3.05, 3.63) is 78.3 Å². The molecule has 0 bridgehead atoms. The molecule has 0 unspecified atom stereocenters. The molecule has 0 aliphatic carbocycles. The molecule has 1 heterocycles. The van der Waals surface area contributed by atoms with Crippen LogP contribution in [-0.2, 0) is 13.0 Å². The number of furan rings is 1. The van der Waals surface area contributed by atoms with Crippen molar-refractivity contribution in [2.45, 2.75) is 13.0 Å². The molecule has 2 aromatic carbocycles. The highest BCUT2D eigenvalue weighted by Crippen LogP contribution is 2.30. The zero-order valence-electron chi connectivity index (χ0n) is 16.6. The Kier molecular flexibility index (Phi) is 9.36. The van der Waals surface area contributed by atoms with Crippen LogP contribution in [0.2, 0.25) is 0 Å². The van der Waals surface area contributed by atoms with E-state index in [1.54, 1.807) is 20.4 Å². The van der Waals surface area contributed by atoms with Crippen LogP contribution in [0, 0.1) is 0 Å². The number of halogens is 1. The highest BCUT2D eigenvalue weighted by atomic mass is 127. The number of hydrogen-bond acceptors (Lipinski definition) is 4. The lowest BCUT2D eigenvalue weighted by Gasteiger charge is -2.12. The lowest BCUT2D eigenvalue weighted by molar-refractivity contribution is 0.379. The minimum absolute atomic E-state index is 0. The quantitative estimate of drug-likeness (QED) is 0.265. The summed E-state index contributed by atoms with van der Waals surface area (Å²) in [5, 5.41) is 6.58. The Hall–Kier alpha value is -2.68. The molecule has 154 valence electrons. The molecule has 0 amide bonds. The molecule has 7 heteroatoms. The Labute approximate surface area is 188 Å². The van der Waals surface area contributed by atoms with Gasteiger partial charge in [-0.1, -0.05) is 24.3 Å². The Morgan fingerprint density at radius 3 is 2.38 bits per heavy atom. The summed E-state index contributed by atoms with van der Waals surface area (Å²) >= 11 is 0. The number of methoxy groups -OCH3 is 1. The maximum absolute atomic E-state index is 5.90. The van der Waals surface area contributed by atoms with E-state index >= 15 is 0 Å². The molecule has 0 aliphatic rings. The molecule has 0 atom stereocenters. The van der Waals surface area contributed by atoms with Crippen LogP contribution in [0.15, 0.2) is 76.3 Å². The second kappa shape index (κ2) is 12.0. The minimum atomic E-state index is 0. The van der Waals surface area contributed by atoms with Crippen molar-refractivity contribution in [3.63, 3.8) is 0 Å². The summed E-state index contributed by atoms with van der Waals surface area (Å²) in [4.78, 5) is 4.24. The monoisotopic (exact) mass is 507 g/mol. The highest BCUT2D eigenvalue weighted by Gasteiger charge is 2.05. The predicted octanol–water partition coefficient (Wildman–Crippen LogP) is 4.61. The Morgan fingerprint density at radius 2 is 1.72 bits per heavy atom. The SMILES string of the molecule is CN=C(NCCc1ccco1)NCc1ccc(Oc2ccccc2OC)cc1.I. The van der Waals surface area contributed by atoms with Crippen molar-refractivity contribution in [1.29, 1.82) is 0 Å². The van der Waals surface area contributed by atoms with Crippen molar-refractivity contribution < 1.29 is 13.9 Å². The van der Waals surface area contributed by atoms with Gasteiger partial charge < -0.3 is 24.5 Å². The van der Waals surface area contributed by atoms with E-state index in [0.717, 1.165) is 36.0 Å². The van der Waals surface area contributed by atoms with E-state index < -0.39 is 0 Å². The second-order valence-electron chi connectivity index (χ2n) is 6.08. The average molecular weight is 507 g/mol. The van der Waals surface area contributed by atoms with E-state index in [1.807, 2.05) is 60.7 Å². The molecule has 0 aliphatic heterocycles. The smallest absolute Gasteiger partial charge is 0.191 e. The first-order chi connectivity index (χ1) is 13.8. The first-order valence-electron chi connectivity index (χ1n) is 9.15. The van der Waals surface area contributed by atoms with Crippen LogP contribution in [0.1, 0.15) is 11.3 Å². The van der Waals surface area contributed by atoms with E-state index in [2.05, 4.69) is 15.6 Å². The lowest BCUT2D eigenvalue weighted by Crippen LogP contribution is -2.37. The average Bonchev–Trinajstić information content (AvgIpc) is 3.25. The van der Waals surface area contributed by atoms with E-state index in [0.29, 0.717) is 18.0 Å². The molecule has 0 radical (unpaired) electrons. The zero-order chi connectivity index (χ0) is 19.6. The largest absolute Gasteiger partial charge is 0.493 e. The molecule has 6 nitrogen and oxygen atoms in total. The predicted molar refractivity (Wildman–Crippen MR) is 126 cm³/mol. The number of hydrogen-bond donors (Lipinski definition) is 2. The summed E-state index contributed by atoms with van der Waals surface area (Å²) in [5.74, 6) is 3.86. The van der Waals surface area contributed by atoms with Crippen molar-refractivity contribution >= 4 is 29.9 Å². The molecule has 0 spiro atoms. The van der Waals surface area contributed by atoms with Gasteiger partial charge in [0, 0.05) is 26.6 Å². The van der Waals surface area contributed by atoms with Gasteiger partial charge in [0.25, 0.3) is 0 Å². The van der Waals surface area contributed by atoms with E-state index in [-0.39, 0.29) is 24.0 Å². The summed E-state index contributed by atoms with van der Waals surface area (Å²) in [6.45, 7) is 1.41. The molecule has 0 saturated carbocycles. The van der Waals surface area contributed by atoms with Crippen molar-refractivity contribution in [2.75, 3.05) is 20.7 Å². The highest BCUT2D eigenvalue weighted by molar-refractivity contribution is 14.0. The van der Waals surface area contributed by atoms with Gasteiger partial charge in [-0.25, -0.2) is 0 Å². The van der Waals surface area contributed by atoms with Crippen LogP contribution in [0.5, 0.6) is 17.2 Å². The van der Waals surface area contributed by atoms with Crippen molar-refractivity contribution in [1.82, 2.24) is 10.6 Å². The van der Waals surface area contributed by atoms with Crippen LogP contribution in [0.4, 0.5) is 0 Å². The number of benzene rings is 2. The number of ether oxygens (including phenoxy) is 2. The molecular weight excluding hydrogens is 481 g/mol. The van der Waals surface area contributed by atoms with Crippen LogP contribution in [0.3, 0.4) is 0 Å². The third-order valence-electron chi connectivity index (χ3n) is 4.15. The molecule has 3 rings (SSSR count). The summed E-state index contributed by atoms with van der Waals surface area (Å²) in [7, 11) is 3.39. The summed E-state index contributed by atoms with van der Waals surface area (Å²) in [5.41, 5.74) is 1.13. The Balaban J connectivity index is 0.00000300. The first kappa shape index (κ1) is 22.6. The zero-order valence-corrected chi connectivity index (χ0v) is 18.9. The van der Waals surface area contributed by atoms with Crippen molar-refractivity contribution in [3.8, 4) is 17.2 Å².